The average molecular weight is 336 g/mol. The van der Waals surface area contributed by atoms with Crippen LogP contribution in [-0.4, -0.2) is 22.1 Å². The smallest absolute Gasteiger partial charge is 0.343 e. The third-order valence-electron chi connectivity index (χ3n) is 4.16. The van der Waals surface area contributed by atoms with Crippen LogP contribution in [0.4, 0.5) is 0 Å². The largest absolute Gasteiger partial charge is 0.462 e. The minimum absolute atomic E-state index is 0.0703. The number of hydrogen-bond donors (Lipinski definition) is 0. The molecule has 1 aromatic carbocycles. The molecule has 2 heterocycles. The number of carbonyl (C=O) groups excluding carboxylic acids is 1. The molecule has 3 rings (SSSR count). The van der Waals surface area contributed by atoms with E-state index in [0.717, 1.165) is 22.3 Å². The zero-order chi connectivity index (χ0) is 18.0. The van der Waals surface area contributed by atoms with Crippen molar-refractivity contribution < 1.29 is 9.53 Å². The van der Waals surface area contributed by atoms with E-state index < -0.39 is 5.97 Å². The second-order valence-electron chi connectivity index (χ2n) is 5.80. The molecule has 0 bridgehead atoms. The monoisotopic (exact) mass is 336 g/mol. The molecule has 0 saturated heterocycles. The summed E-state index contributed by atoms with van der Waals surface area (Å²) >= 11 is 0. The van der Waals surface area contributed by atoms with Crippen LogP contribution in [0.1, 0.15) is 29.9 Å². The van der Waals surface area contributed by atoms with E-state index in [2.05, 4.69) is 4.98 Å². The van der Waals surface area contributed by atoms with Gasteiger partial charge < -0.3 is 9.30 Å². The van der Waals surface area contributed by atoms with Gasteiger partial charge in [0.25, 0.3) is 0 Å². The van der Waals surface area contributed by atoms with Crippen LogP contribution in [-0.2, 0) is 11.3 Å². The summed E-state index contributed by atoms with van der Waals surface area (Å²) in [4.78, 5) is 29.1. The van der Waals surface area contributed by atoms with E-state index in [-0.39, 0.29) is 17.6 Å². The Morgan fingerprint density at radius 3 is 2.56 bits per heavy atom. The van der Waals surface area contributed by atoms with Crippen molar-refractivity contribution in [3.8, 4) is 11.1 Å². The summed E-state index contributed by atoms with van der Waals surface area (Å²) < 4.78 is 6.90. The van der Waals surface area contributed by atoms with E-state index >= 15 is 0 Å². The van der Waals surface area contributed by atoms with Gasteiger partial charge in [0.05, 0.1) is 12.1 Å². The Hall–Kier alpha value is -2.95. The quantitative estimate of drug-likeness (QED) is 0.683. The Bertz CT molecular complexity index is 988. The molecule has 0 spiro atoms. The number of carbonyl (C=O) groups is 1. The van der Waals surface area contributed by atoms with Crippen LogP contribution in [0.5, 0.6) is 0 Å². The van der Waals surface area contributed by atoms with Crippen molar-refractivity contribution in [1.82, 2.24) is 9.55 Å². The van der Waals surface area contributed by atoms with E-state index in [4.69, 9.17) is 4.74 Å². The molecule has 0 saturated carbocycles. The zero-order valence-corrected chi connectivity index (χ0v) is 14.6. The summed E-state index contributed by atoms with van der Waals surface area (Å²) in [5.41, 5.74) is 3.47. The van der Waals surface area contributed by atoms with Crippen LogP contribution in [0.15, 0.2) is 47.5 Å². The number of nitrogens with zero attached hydrogens (tertiary/aromatic N) is 2. The van der Waals surface area contributed by atoms with Crippen molar-refractivity contribution in [3.63, 3.8) is 0 Å². The van der Waals surface area contributed by atoms with Gasteiger partial charge in [0.1, 0.15) is 5.56 Å². The summed E-state index contributed by atoms with van der Waals surface area (Å²) in [7, 11) is 0. The Morgan fingerprint density at radius 1 is 1.16 bits per heavy atom. The highest BCUT2D eigenvalue weighted by atomic mass is 16.5. The first-order valence-corrected chi connectivity index (χ1v) is 8.32. The minimum atomic E-state index is -0.580. The van der Waals surface area contributed by atoms with Gasteiger partial charge in [-0.15, -0.1) is 0 Å². The van der Waals surface area contributed by atoms with Gasteiger partial charge in [0.15, 0.2) is 0 Å². The van der Waals surface area contributed by atoms with E-state index in [1.54, 1.807) is 19.2 Å². The Kier molecular flexibility index (Phi) is 4.65. The molecule has 0 unspecified atom stereocenters. The highest BCUT2D eigenvalue weighted by molar-refractivity contribution is 5.94. The van der Waals surface area contributed by atoms with Gasteiger partial charge in [0, 0.05) is 35.6 Å². The number of benzene rings is 1. The second kappa shape index (κ2) is 6.89. The van der Waals surface area contributed by atoms with Crippen LogP contribution in [0, 0.1) is 6.92 Å². The molecule has 5 nitrogen and oxygen atoms in total. The standard InChI is InChI=1S/C20H20N2O3/c1-4-22-12-17(20(24)25-5-2)19(23)16-9-8-14(10-18(16)22)15-7-6-13(3)21-11-15/h6-12H,4-5H2,1-3H3. The Labute approximate surface area is 145 Å². The summed E-state index contributed by atoms with van der Waals surface area (Å²) in [6, 6.07) is 9.56. The van der Waals surface area contributed by atoms with Crippen LogP contribution < -0.4 is 5.43 Å². The second-order valence-corrected chi connectivity index (χ2v) is 5.80. The van der Waals surface area contributed by atoms with E-state index in [1.165, 1.54) is 0 Å². The molecule has 0 aliphatic rings. The van der Waals surface area contributed by atoms with Crippen molar-refractivity contribution in [3.05, 3.63) is 64.2 Å². The number of ether oxygens (including phenoxy) is 1. The van der Waals surface area contributed by atoms with Gasteiger partial charge in [-0.3, -0.25) is 9.78 Å². The van der Waals surface area contributed by atoms with Crippen LogP contribution >= 0.6 is 0 Å². The molecule has 0 atom stereocenters. The third kappa shape index (κ3) is 3.18. The van der Waals surface area contributed by atoms with Crippen molar-refractivity contribution >= 4 is 16.9 Å². The molecule has 0 fully saturated rings. The molecular formula is C20H20N2O3. The maximum atomic E-state index is 12.7. The number of hydrogen-bond acceptors (Lipinski definition) is 4. The van der Waals surface area contributed by atoms with E-state index in [9.17, 15) is 9.59 Å². The number of pyridine rings is 2. The molecular weight excluding hydrogens is 316 g/mol. The summed E-state index contributed by atoms with van der Waals surface area (Å²) in [5, 5.41) is 0.510. The fraction of sp³-hybridized carbons (Fsp3) is 0.250. The van der Waals surface area contributed by atoms with Gasteiger partial charge >= 0.3 is 5.97 Å². The highest BCUT2D eigenvalue weighted by Crippen LogP contribution is 2.23. The van der Waals surface area contributed by atoms with E-state index in [1.807, 2.05) is 48.9 Å². The lowest BCUT2D eigenvalue weighted by Crippen LogP contribution is -2.20. The van der Waals surface area contributed by atoms with Gasteiger partial charge in [-0.2, -0.15) is 0 Å². The maximum absolute atomic E-state index is 12.7. The average Bonchev–Trinajstić information content (AvgIpc) is 2.62. The van der Waals surface area contributed by atoms with Gasteiger partial charge in [0.2, 0.25) is 5.43 Å². The van der Waals surface area contributed by atoms with Crippen molar-refractivity contribution in [2.45, 2.75) is 27.3 Å². The van der Waals surface area contributed by atoms with Crippen molar-refractivity contribution in [2.24, 2.45) is 0 Å². The molecule has 0 amide bonds. The molecule has 0 aliphatic heterocycles. The predicted molar refractivity (Wildman–Crippen MR) is 97.8 cm³/mol. The SMILES string of the molecule is CCOC(=O)c1cn(CC)c2cc(-c3ccc(C)nc3)ccc2c1=O. The van der Waals surface area contributed by atoms with Crippen LogP contribution in [0.3, 0.4) is 0 Å². The molecule has 25 heavy (non-hydrogen) atoms. The molecule has 2 aromatic heterocycles. The summed E-state index contributed by atoms with van der Waals surface area (Å²) in [6.07, 6.45) is 3.40. The lowest BCUT2D eigenvalue weighted by Gasteiger charge is -2.12. The maximum Gasteiger partial charge on any atom is 0.343 e. The van der Waals surface area contributed by atoms with Crippen LogP contribution in [0.25, 0.3) is 22.0 Å². The topological polar surface area (TPSA) is 61.2 Å². The lowest BCUT2D eigenvalue weighted by molar-refractivity contribution is 0.0524. The van der Waals surface area contributed by atoms with Gasteiger partial charge in [-0.05, 0) is 44.5 Å². The fourth-order valence-electron chi connectivity index (χ4n) is 2.82. The fourth-order valence-corrected chi connectivity index (χ4v) is 2.82. The number of aromatic nitrogens is 2. The number of fused-ring (bicyclic) bond motifs is 1. The lowest BCUT2D eigenvalue weighted by atomic mass is 10.0. The molecule has 3 aromatic rings. The molecule has 0 N–H and O–H groups in total. The predicted octanol–water partition coefficient (Wildman–Crippen LogP) is 3.57. The first-order valence-electron chi connectivity index (χ1n) is 8.32. The molecule has 5 heteroatoms. The Morgan fingerprint density at radius 2 is 1.92 bits per heavy atom. The molecule has 0 aliphatic carbocycles. The number of aryl methyl sites for hydroxylation is 2. The molecule has 0 radical (unpaired) electrons. The van der Waals surface area contributed by atoms with Gasteiger partial charge in [-0.25, -0.2) is 4.79 Å². The highest BCUT2D eigenvalue weighted by Gasteiger charge is 2.16. The van der Waals surface area contributed by atoms with Gasteiger partial charge in [-0.1, -0.05) is 12.1 Å². The first kappa shape index (κ1) is 16.9. The minimum Gasteiger partial charge on any atom is -0.462 e. The normalized spacial score (nSPS) is 10.8. The zero-order valence-electron chi connectivity index (χ0n) is 14.6. The van der Waals surface area contributed by atoms with Crippen molar-refractivity contribution in [2.75, 3.05) is 6.61 Å². The summed E-state index contributed by atoms with van der Waals surface area (Å²) in [5.74, 6) is -0.580. The third-order valence-corrected chi connectivity index (χ3v) is 4.16. The Balaban J connectivity index is 2.20. The van der Waals surface area contributed by atoms with Crippen LogP contribution in [0.2, 0.25) is 0 Å². The van der Waals surface area contributed by atoms with Crippen molar-refractivity contribution in [1.29, 1.82) is 0 Å². The number of esters is 1. The summed E-state index contributed by atoms with van der Waals surface area (Å²) in [6.45, 7) is 6.51. The first-order chi connectivity index (χ1) is 12.0. The number of rotatable bonds is 4. The molecule has 128 valence electrons. The van der Waals surface area contributed by atoms with E-state index in [0.29, 0.717) is 11.9 Å².